The average molecular weight is 283 g/mol. The zero-order valence-electron chi connectivity index (χ0n) is 11.6. The summed E-state index contributed by atoms with van der Waals surface area (Å²) in [7, 11) is 0. The van der Waals surface area contributed by atoms with Crippen molar-refractivity contribution in [1.82, 2.24) is 9.97 Å². The summed E-state index contributed by atoms with van der Waals surface area (Å²) >= 11 is 1.63. The Hall–Kier alpha value is -1.78. The molecule has 102 valence electrons. The highest BCUT2D eigenvalue weighted by atomic mass is 32.2. The van der Waals surface area contributed by atoms with Gasteiger partial charge in [0.15, 0.2) is 5.16 Å². The van der Waals surface area contributed by atoms with Crippen molar-refractivity contribution in [3.8, 4) is 0 Å². The molecule has 20 heavy (non-hydrogen) atoms. The van der Waals surface area contributed by atoms with Crippen LogP contribution in [0.3, 0.4) is 0 Å². The van der Waals surface area contributed by atoms with Crippen LogP contribution in [0.1, 0.15) is 24.1 Å². The smallest absolute Gasteiger partial charge is 0.171 e. The lowest BCUT2D eigenvalue weighted by molar-refractivity contribution is 0.797. The van der Waals surface area contributed by atoms with E-state index in [9.17, 15) is 0 Å². The van der Waals surface area contributed by atoms with Crippen molar-refractivity contribution in [1.29, 1.82) is 0 Å². The van der Waals surface area contributed by atoms with Crippen molar-refractivity contribution in [2.45, 2.75) is 29.9 Å². The van der Waals surface area contributed by atoms with Gasteiger partial charge in [0.05, 0.1) is 11.0 Å². The minimum atomic E-state index is 0.0188. The van der Waals surface area contributed by atoms with Gasteiger partial charge >= 0.3 is 0 Å². The van der Waals surface area contributed by atoms with Crippen molar-refractivity contribution >= 4 is 22.8 Å². The Morgan fingerprint density at radius 3 is 2.80 bits per heavy atom. The van der Waals surface area contributed by atoms with Crippen LogP contribution >= 0.6 is 11.8 Å². The van der Waals surface area contributed by atoms with Crippen LogP contribution in [0.4, 0.5) is 0 Å². The maximum absolute atomic E-state index is 6.02. The number of aromatic amines is 1. The van der Waals surface area contributed by atoms with Gasteiger partial charge in [-0.15, -0.1) is 0 Å². The molecule has 0 aliphatic carbocycles. The van der Waals surface area contributed by atoms with Gasteiger partial charge in [-0.1, -0.05) is 36.0 Å². The largest absolute Gasteiger partial charge is 0.333 e. The van der Waals surface area contributed by atoms with Crippen LogP contribution < -0.4 is 5.73 Å². The highest BCUT2D eigenvalue weighted by Gasteiger charge is 2.10. The second-order valence-corrected chi connectivity index (χ2v) is 6.02. The molecule has 3 aromatic rings. The second kappa shape index (κ2) is 5.31. The minimum Gasteiger partial charge on any atom is -0.333 e. The van der Waals surface area contributed by atoms with Crippen molar-refractivity contribution in [2.24, 2.45) is 5.73 Å². The predicted octanol–water partition coefficient (Wildman–Crippen LogP) is 4.04. The topological polar surface area (TPSA) is 54.7 Å². The molecule has 0 unspecified atom stereocenters. The van der Waals surface area contributed by atoms with E-state index in [4.69, 9.17) is 5.73 Å². The highest BCUT2D eigenvalue weighted by molar-refractivity contribution is 7.99. The summed E-state index contributed by atoms with van der Waals surface area (Å²) in [5.41, 5.74) is 10.5. The number of hydrogen-bond acceptors (Lipinski definition) is 3. The normalized spacial score (nSPS) is 12.8. The molecule has 3 rings (SSSR count). The summed E-state index contributed by atoms with van der Waals surface area (Å²) in [4.78, 5) is 9.13. The Morgan fingerprint density at radius 1 is 1.20 bits per heavy atom. The van der Waals surface area contributed by atoms with Crippen molar-refractivity contribution in [2.75, 3.05) is 0 Å². The van der Waals surface area contributed by atoms with E-state index in [1.54, 1.807) is 11.8 Å². The molecule has 0 amide bonds. The summed E-state index contributed by atoms with van der Waals surface area (Å²) in [6, 6.07) is 14.5. The average Bonchev–Trinajstić information content (AvgIpc) is 2.80. The monoisotopic (exact) mass is 283 g/mol. The fourth-order valence-electron chi connectivity index (χ4n) is 2.20. The highest BCUT2D eigenvalue weighted by Crippen LogP contribution is 2.32. The quantitative estimate of drug-likeness (QED) is 0.762. The molecule has 0 bridgehead atoms. The molecule has 0 fully saturated rings. The van der Waals surface area contributed by atoms with Gasteiger partial charge in [-0.05, 0) is 43.2 Å². The zero-order chi connectivity index (χ0) is 14.1. The van der Waals surface area contributed by atoms with E-state index in [0.717, 1.165) is 26.6 Å². The fourth-order valence-corrected chi connectivity index (χ4v) is 3.23. The minimum absolute atomic E-state index is 0.0188. The molecule has 4 heteroatoms. The third kappa shape index (κ3) is 2.57. The van der Waals surface area contributed by atoms with E-state index in [0.29, 0.717) is 0 Å². The summed E-state index contributed by atoms with van der Waals surface area (Å²) in [6.45, 7) is 4.08. The predicted molar refractivity (Wildman–Crippen MR) is 84.0 cm³/mol. The molecule has 0 spiro atoms. The molecule has 0 aliphatic rings. The number of nitrogens with zero attached hydrogens (tertiary/aromatic N) is 1. The number of hydrogen-bond donors (Lipinski definition) is 2. The van der Waals surface area contributed by atoms with Gasteiger partial charge < -0.3 is 10.7 Å². The Bertz CT molecular complexity index is 746. The summed E-state index contributed by atoms with van der Waals surface area (Å²) < 4.78 is 0. The lowest BCUT2D eigenvalue weighted by atomic mass is 10.1. The van der Waals surface area contributed by atoms with E-state index < -0.39 is 0 Å². The molecule has 0 saturated heterocycles. The Morgan fingerprint density at radius 2 is 2.00 bits per heavy atom. The number of fused-ring (bicyclic) bond motifs is 1. The zero-order valence-corrected chi connectivity index (χ0v) is 12.4. The Labute approximate surface area is 122 Å². The first-order chi connectivity index (χ1) is 9.63. The van der Waals surface area contributed by atoms with Gasteiger partial charge in [0.2, 0.25) is 0 Å². The van der Waals surface area contributed by atoms with E-state index in [2.05, 4.69) is 41.2 Å². The molecule has 2 aromatic carbocycles. The number of aryl methyl sites for hydroxylation is 1. The molecule has 1 heterocycles. The molecular formula is C16H17N3S. The molecule has 3 N–H and O–H groups in total. The van der Waals surface area contributed by atoms with E-state index in [1.807, 2.05) is 25.1 Å². The van der Waals surface area contributed by atoms with Gasteiger partial charge in [0, 0.05) is 10.9 Å². The van der Waals surface area contributed by atoms with E-state index in [-0.39, 0.29) is 6.04 Å². The molecule has 0 radical (unpaired) electrons. The maximum atomic E-state index is 6.02. The second-order valence-electron chi connectivity index (χ2n) is 4.99. The van der Waals surface area contributed by atoms with E-state index >= 15 is 0 Å². The number of rotatable bonds is 3. The Balaban J connectivity index is 1.97. The molecule has 1 atom stereocenters. The number of aromatic nitrogens is 2. The first-order valence-corrected chi connectivity index (χ1v) is 7.44. The molecule has 3 nitrogen and oxygen atoms in total. The fraction of sp³-hybridized carbons (Fsp3) is 0.188. The number of nitrogens with one attached hydrogen (secondary N) is 1. The van der Waals surface area contributed by atoms with E-state index in [1.165, 1.54) is 5.56 Å². The SMILES string of the molecule is Cc1ccc2nc(Sc3ccccc3[C@H](C)N)[nH]c2c1. The van der Waals surface area contributed by atoms with Gasteiger partial charge in [0.1, 0.15) is 0 Å². The van der Waals surface area contributed by atoms with Gasteiger partial charge in [0.25, 0.3) is 0 Å². The lowest BCUT2D eigenvalue weighted by Gasteiger charge is -2.10. The van der Waals surface area contributed by atoms with Gasteiger partial charge in [-0.3, -0.25) is 0 Å². The number of benzene rings is 2. The standard InChI is InChI=1S/C16H17N3S/c1-10-7-8-13-14(9-10)19-16(18-13)20-15-6-4-3-5-12(15)11(2)17/h3-9,11H,17H2,1-2H3,(H,18,19)/t11-/m0/s1. The molecule has 0 aliphatic heterocycles. The first kappa shape index (κ1) is 13.2. The van der Waals surface area contributed by atoms with Gasteiger partial charge in [-0.25, -0.2) is 4.98 Å². The number of nitrogens with two attached hydrogens (primary N) is 1. The van der Waals surface area contributed by atoms with Crippen LogP contribution in [0.15, 0.2) is 52.5 Å². The lowest BCUT2D eigenvalue weighted by Crippen LogP contribution is -2.06. The van der Waals surface area contributed by atoms with Crippen molar-refractivity contribution in [3.05, 3.63) is 53.6 Å². The molecule has 0 saturated carbocycles. The Kier molecular flexibility index (Phi) is 3.51. The third-order valence-electron chi connectivity index (χ3n) is 3.23. The maximum Gasteiger partial charge on any atom is 0.171 e. The van der Waals surface area contributed by atoms with Crippen LogP contribution in [-0.2, 0) is 0 Å². The van der Waals surface area contributed by atoms with Crippen molar-refractivity contribution < 1.29 is 0 Å². The molecular weight excluding hydrogens is 266 g/mol. The first-order valence-electron chi connectivity index (χ1n) is 6.62. The summed E-state index contributed by atoms with van der Waals surface area (Å²) in [5.74, 6) is 0. The molecule has 1 aromatic heterocycles. The van der Waals surface area contributed by atoms with Crippen molar-refractivity contribution in [3.63, 3.8) is 0 Å². The third-order valence-corrected chi connectivity index (χ3v) is 4.21. The van der Waals surface area contributed by atoms with Crippen LogP contribution in [0, 0.1) is 6.92 Å². The van der Waals surface area contributed by atoms with Crippen LogP contribution in [0.25, 0.3) is 11.0 Å². The summed E-state index contributed by atoms with van der Waals surface area (Å²) in [5, 5.41) is 0.902. The van der Waals surface area contributed by atoms with Gasteiger partial charge in [-0.2, -0.15) is 0 Å². The van der Waals surface area contributed by atoms with Crippen LogP contribution in [-0.4, -0.2) is 9.97 Å². The van der Waals surface area contributed by atoms with Crippen LogP contribution in [0.2, 0.25) is 0 Å². The van der Waals surface area contributed by atoms with Crippen LogP contribution in [0.5, 0.6) is 0 Å². The summed E-state index contributed by atoms with van der Waals surface area (Å²) in [6.07, 6.45) is 0. The number of H-pyrrole nitrogens is 1. The number of imidazole rings is 1.